The highest BCUT2D eigenvalue weighted by molar-refractivity contribution is 6.38. The van der Waals surface area contributed by atoms with Gasteiger partial charge in [-0.05, 0) is 133 Å². The molecule has 6 rings (SSSR count). The number of allylic oxidation sites excluding steroid dienone is 1. The number of aryl methyl sites for hydroxylation is 1. The molecule has 0 radical (unpaired) electrons. The number of benzene rings is 3. The summed E-state index contributed by atoms with van der Waals surface area (Å²) >= 11 is 0. The Morgan fingerprint density at radius 1 is 0.744 bits per heavy atom. The summed E-state index contributed by atoms with van der Waals surface area (Å²) in [5.74, 6) is -5.01. The zero-order chi connectivity index (χ0) is 65.7. The molecular weight excluding hydrogens is 1150 g/mol. The molecule has 1 fully saturated rings. The second kappa shape index (κ2) is 33.4. The maximum absolute atomic E-state index is 15.1. The summed E-state index contributed by atoms with van der Waals surface area (Å²) in [6.45, 7) is 9.13. The van der Waals surface area contributed by atoms with Crippen molar-refractivity contribution in [2.24, 2.45) is 5.41 Å². The van der Waals surface area contributed by atoms with Crippen LogP contribution in [0, 0.1) is 5.41 Å². The van der Waals surface area contributed by atoms with E-state index in [-0.39, 0.29) is 44.6 Å². The van der Waals surface area contributed by atoms with E-state index in [1.807, 2.05) is 61.5 Å². The number of ether oxygens (including phenoxy) is 6. The number of ketones is 1. The number of amides is 6. The van der Waals surface area contributed by atoms with Crippen molar-refractivity contribution in [2.45, 2.75) is 154 Å². The lowest BCUT2D eigenvalue weighted by Gasteiger charge is -2.36. The van der Waals surface area contributed by atoms with Crippen LogP contribution in [0.4, 0.5) is 0 Å². The van der Waals surface area contributed by atoms with E-state index < -0.39 is 114 Å². The third-order valence-electron chi connectivity index (χ3n) is 16.2. The molecule has 0 unspecified atom stereocenters. The fraction of sp³-hybridized carbons (Fsp3) is 0.529. The monoisotopic (exact) mass is 1250 g/mol. The van der Waals surface area contributed by atoms with Crippen LogP contribution in [0.2, 0.25) is 0 Å². The molecule has 0 spiro atoms. The number of hydrogen-bond acceptors (Lipinski definition) is 16. The Balaban J connectivity index is 1.34. The van der Waals surface area contributed by atoms with E-state index in [0.717, 1.165) is 16.3 Å². The summed E-state index contributed by atoms with van der Waals surface area (Å²) < 4.78 is 35.0. The summed E-state index contributed by atoms with van der Waals surface area (Å²) in [4.78, 5) is 137. The maximum atomic E-state index is 15.1. The lowest BCUT2D eigenvalue weighted by Crippen LogP contribution is -2.59. The number of Topliss-reactive ketones (excluding diaryl/α,β-unsaturated/α-hetero) is 1. The topological polar surface area (TPSA) is 259 Å². The Morgan fingerprint density at radius 3 is 2.19 bits per heavy atom. The number of carbonyl (C=O) groups is 9. The fourth-order valence-electron chi connectivity index (χ4n) is 10.6. The van der Waals surface area contributed by atoms with Crippen LogP contribution in [-0.2, 0) is 70.2 Å². The first-order chi connectivity index (χ1) is 42.8. The number of unbranched alkanes of at least 4 members (excludes halogenated alkanes) is 1. The first kappa shape index (κ1) is 70.7. The molecule has 5 atom stereocenters. The van der Waals surface area contributed by atoms with Gasteiger partial charge in [0.2, 0.25) is 29.4 Å². The molecule has 0 aliphatic carbocycles. The van der Waals surface area contributed by atoms with Crippen molar-refractivity contribution < 1.29 is 71.6 Å². The van der Waals surface area contributed by atoms with Gasteiger partial charge in [0, 0.05) is 58.5 Å². The van der Waals surface area contributed by atoms with Crippen LogP contribution in [0.3, 0.4) is 0 Å². The lowest BCUT2D eigenvalue weighted by atomic mass is 9.87. The van der Waals surface area contributed by atoms with Crippen molar-refractivity contribution in [3.8, 4) is 17.2 Å². The van der Waals surface area contributed by atoms with Crippen LogP contribution in [0.5, 0.6) is 17.2 Å². The molecule has 3 heterocycles. The first-order valence-corrected chi connectivity index (χ1v) is 31.0. The normalized spacial score (nSPS) is 21.6. The number of esters is 2. The Labute approximate surface area is 528 Å². The van der Waals surface area contributed by atoms with Gasteiger partial charge < -0.3 is 58.7 Å². The molecule has 0 saturated carbocycles. The lowest BCUT2D eigenvalue weighted by molar-refractivity contribution is -0.165. The van der Waals surface area contributed by atoms with E-state index in [1.54, 1.807) is 46.0 Å². The van der Waals surface area contributed by atoms with Crippen LogP contribution in [-0.4, -0.2) is 182 Å². The average Bonchev–Trinajstić information content (AvgIpc) is 2.67. The summed E-state index contributed by atoms with van der Waals surface area (Å²) in [7, 11) is 7.58. The molecule has 22 heteroatoms. The van der Waals surface area contributed by atoms with Crippen molar-refractivity contribution in [3.05, 3.63) is 108 Å². The molecule has 2 aliphatic rings. The summed E-state index contributed by atoms with van der Waals surface area (Å²) in [6.07, 6.45) is 9.59. The van der Waals surface area contributed by atoms with E-state index in [1.165, 1.54) is 80.2 Å². The van der Waals surface area contributed by atoms with Gasteiger partial charge in [-0.2, -0.15) is 0 Å². The molecule has 2 bridgehead atoms. The number of likely N-dealkylation sites (N-methyl/N-ethyl adjacent to an activating group) is 3. The summed E-state index contributed by atoms with van der Waals surface area (Å²) in [5.41, 5.74) is -0.290. The summed E-state index contributed by atoms with van der Waals surface area (Å²) in [5, 5.41) is 7.54. The van der Waals surface area contributed by atoms with Crippen molar-refractivity contribution in [3.63, 3.8) is 0 Å². The maximum Gasteiger partial charge on any atom is 0.330 e. The third-order valence-corrected chi connectivity index (χ3v) is 16.2. The first-order valence-electron chi connectivity index (χ1n) is 31.0. The molecule has 22 nitrogen and oxygen atoms in total. The van der Waals surface area contributed by atoms with Gasteiger partial charge in [0.15, 0.2) is 18.1 Å². The molecule has 4 aromatic rings. The number of nitrogens with zero attached hydrogens (tertiary/aromatic N) is 5. The number of aromatic nitrogens is 1. The Morgan fingerprint density at radius 2 is 1.47 bits per heavy atom. The van der Waals surface area contributed by atoms with Crippen molar-refractivity contribution in [1.82, 2.24) is 35.2 Å². The number of fused-ring (bicyclic) bond motifs is 4. The van der Waals surface area contributed by atoms with Crippen LogP contribution in [0.25, 0.3) is 10.8 Å². The number of nitrogens with one attached hydrogen (secondary N) is 2. The number of carbonyl (C=O) groups excluding carboxylic acids is 9. The Hall–Kier alpha value is -8.40. The van der Waals surface area contributed by atoms with Crippen LogP contribution >= 0.6 is 0 Å². The van der Waals surface area contributed by atoms with Crippen molar-refractivity contribution in [1.29, 1.82) is 0 Å². The van der Waals surface area contributed by atoms with Gasteiger partial charge in [0.1, 0.15) is 42.6 Å². The van der Waals surface area contributed by atoms with E-state index in [0.29, 0.717) is 80.5 Å². The van der Waals surface area contributed by atoms with E-state index in [4.69, 9.17) is 28.4 Å². The van der Waals surface area contributed by atoms with E-state index in [2.05, 4.69) is 15.6 Å². The quantitative estimate of drug-likeness (QED) is 0.106. The molecule has 488 valence electrons. The number of pyridine rings is 1. The van der Waals surface area contributed by atoms with Gasteiger partial charge in [-0.3, -0.25) is 38.5 Å². The molecule has 2 aliphatic heterocycles. The van der Waals surface area contributed by atoms with Crippen LogP contribution < -0.4 is 24.8 Å². The van der Waals surface area contributed by atoms with Crippen LogP contribution in [0.15, 0.2) is 91.3 Å². The minimum absolute atomic E-state index is 0.00162. The van der Waals surface area contributed by atoms with Crippen LogP contribution in [0.1, 0.15) is 129 Å². The highest BCUT2D eigenvalue weighted by Crippen LogP contribution is 2.33. The number of hydrogen-bond donors (Lipinski definition) is 2. The number of rotatable bonds is 12. The van der Waals surface area contributed by atoms with Gasteiger partial charge in [-0.25, -0.2) is 9.59 Å². The predicted octanol–water partition coefficient (Wildman–Crippen LogP) is 7.07. The minimum Gasteiger partial charge on any atom is -0.493 e. The standard InChI is InChI=1S/C68H91N7O15/c1-12-13-24-52-63(81)71-51(36-46-27-30-47-22-17-18-23-48(47)35-46)64(82)74(9)54(42-89-67(2,3)4)62(80)70-41-58(76)72(7)33-20-15-14-16-26-60(78)88-44-68(5,6)61(79)65(83)75-34-21-19-25-53(75)66(84)90-55(31-28-45-29-32-56(85-10)57(37-45)86-11)49-38-50(40-69-39-49)87-43-59(77)73(52)8/h16-18,22-23,26-27,29-30,32,35,37-40,51-55H,12-15,19-21,24-25,28,31,33-34,36,41-44H2,1-11H3,(H,70,80)(H,71,81)/t51-,52-,53-,54-,55+/m0/s1. The molecule has 1 saturated heterocycles. The zero-order valence-electron chi connectivity index (χ0n) is 54.1. The molecule has 90 heavy (non-hydrogen) atoms. The number of cyclic esters (lactones) is 2. The average molecular weight is 1250 g/mol. The summed E-state index contributed by atoms with van der Waals surface area (Å²) in [6, 6.07) is 15.7. The Bertz CT molecular complexity index is 3200. The fourth-order valence-corrected chi connectivity index (χ4v) is 10.6. The van der Waals surface area contributed by atoms with Crippen molar-refractivity contribution in [2.75, 3.05) is 74.8 Å². The van der Waals surface area contributed by atoms with Gasteiger partial charge >= 0.3 is 11.9 Å². The largest absolute Gasteiger partial charge is 0.493 e. The van der Waals surface area contributed by atoms with Gasteiger partial charge in [0.05, 0.1) is 44.6 Å². The van der Waals surface area contributed by atoms with E-state index in [9.17, 15) is 38.4 Å². The highest BCUT2D eigenvalue weighted by atomic mass is 16.5. The van der Waals surface area contributed by atoms with Gasteiger partial charge in [0.25, 0.3) is 11.8 Å². The predicted molar refractivity (Wildman–Crippen MR) is 337 cm³/mol. The minimum atomic E-state index is -1.47. The second-order valence-electron chi connectivity index (χ2n) is 24.7. The van der Waals surface area contributed by atoms with E-state index >= 15 is 4.79 Å². The molecule has 1 aromatic heterocycles. The molecule has 6 amide bonds. The van der Waals surface area contributed by atoms with Gasteiger partial charge in [-0.1, -0.05) is 74.4 Å². The molecule has 2 N–H and O–H groups in total. The number of piperidine rings is 1. The SMILES string of the molecule is CCCC[C@H]1C(=O)N[C@@H](Cc2ccc3ccccc3c2)C(=O)N(C)[C@@H](COC(C)(C)C)C(=O)NCC(=O)N(C)CCCCC=CC(=O)OCC(C)(C)C(=O)C(=O)N2CCCC[C@H]2C(=O)O[C@H](CCc2ccc(OC)c(OC)c2)c2cncc(c2)OCC(=O)N1C. The third kappa shape index (κ3) is 20.3. The van der Waals surface area contributed by atoms with Crippen molar-refractivity contribution >= 4 is 63.9 Å². The second-order valence-corrected chi connectivity index (χ2v) is 24.7. The molecular formula is C68H91N7O15. The Kier molecular flexibility index (Phi) is 26.3. The van der Waals surface area contributed by atoms with Gasteiger partial charge in [-0.15, -0.1) is 0 Å². The number of methoxy groups -OCH3 is 2. The molecule has 3 aromatic carbocycles. The highest BCUT2D eigenvalue weighted by Gasteiger charge is 2.43. The zero-order valence-corrected chi connectivity index (χ0v) is 54.1. The smallest absolute Gasteiger partial charge is 0.330 e.